The van der Waals surface area contributed by atoms with Crippen LogP contribution in [0.3, 0.4) is 0 Å². The lowest BCUT2D eigenvalue weighted by atomic mass is 10.1. The summed E-state index contributed by atoms with van der Waals surface area (Å²) in [5.74, 6) is -0.520. The molecule has 0 bridgehead atoms. The maximum atomic E-state index is 14.1. The number of anilines is 2. The van der Waals surface area contributed by atoms with Crippen molar-refractivity contribution in [3.8, 4) is 0 Å². The largest absolute Gasteiger partial charge is 0.352 e. The van der Waals surface area contributed by atoms with Crippen molar-refractivity contribution >= 4 is 57.4 Å². The summed E-state index contributed by atoms with van der Waals surface area (Å²) in [5, 5.41) is 8.42. The number of aromatic amines is 1. The van der Waals surface area contributed by atoms with Crippen molar-refractivity contribution in [1.82, 2.24) is 14.7 Å². The van der Waals surface area contributed by atoms with Gasteiger partial charge in [-0.15, -0.1) is 24.8 Å². The molecule has 0 radical (unpaired) electrons. The molecular formula is C15H16Cl2FN5O3S. The first-order chi connectivity index (χ1) is 11.8. The fourth-order valence-electron chi connectivity index (χ4n) is 2.28. The van der Waals surface area contributed by atoms with E-state index in [9.17, 15) is 17.6 Å². The normalized spacial score (nSPS) is 10.7. The Bertz CT molecular complexity index is 1110. The summed E-state index contributed by atoms with van der Waals surface area (Å²) in [6.45, 7) is -0.0712. The first-order valence-electron chi connectivity index (χ1n) is 7.13. The summed E-state index contributed by atoms with van der Waals surface area (Å²) >= 11 is 0. The van der Waals surface area contributed by atoms with Crippen LogP contribution in [0.4, 0.5) is 15.8 Å². The average molecular weight is 436 g/mol. The zero-order valence-corrected chi connectivity index (χ0v) is 16.1. The van der Waals surface area contributed by atoms with Crippen LogP contribution in [0.5, 0.6) is 0 Å². The standard InChI is InChI=1S/C15H14FN5O3S.2ClH/c16-11-3-1-9(8-19-25(17,23)24)7-13(11)20-12-5-6-18-15-10(12)2-4-14(22)21-15;;/h1-7,19H,8H2,(H2,17,23,24)(H2,18,20,21,22);2*1H. The minimum absolute atomic E-state index is 0. The number of fused-ring (bicyclic) bond motifs is 1. The van der Waals surface area contributed by atoms with E-state index in [4.69, 9.17) is 5.14 Å². The number of aromatic nitrogens is 2. The SMILES string of the molecule is Cl.Cl.NS(=O)(=O)NCc1ccc(F)c(Nc2ccnc3[nH]c(=O)ccc23)c1. The molecule has 0 saturated heterocycles. The molecule has 0 aliphatic carbocycles. The number of hydrogen-bond donors (Lipinski definition) is 4. The molecule has 2 aromatic heterocycles. The maximum Gasteiger partial charge on any atom is 0.274 e. The van der Waals surface area contributed by atoms with E-state index in [0.717, 1.165) is 0 Å². The molecule has 146 valence electrons. The zero-order valence-electron chi connectivity index (χ0n) is 13.6. The molecule has 2 heterocycles. The van der Waals surface area contributed by atoms with Crippen LogP contribution in [-0.2, 0) is 16.8 Å². The Balaban J connectivity index is 0.00000182. The van der Waals surface area contributed by atoms with Gasteiger partial charge < -0.3 is 10.3 Å². The second-order valence-electron chi connectivity index (χ2n) is 5.25. The molecule has 5 N–H and O–H groups in total. The van der Waals surface area contributed by atoms with Crippen molar-refractivity contribution in [3.05, 3.63) is 64.3 Å². The molecule has 0 amide bonds. The highest BCUT2D eigenvalue weighted by Gasteiger charge is 2.09. The van der Waals surface area contributed by atoms with Gasteiger partial charge >= 0.3 is 0 Å². The predicted octanol–water partition coefficient (Wildman–Crippen LogP) is 1.94. The number of nitrogens with two attached hydrogens (primary N) is 1. The highest BCUT2D eigenvalue weighted by atomic mass is 35.5. The van der Waals surface area contributed by atoms with E-state index in [1.165, 1.54) is 30.5 Å². The molecule has 3 rings (SSSR count). The Kier molecular flexibility index (Phi) is 7.69. The first-order valence-corrected chi connectivity index (χ1v) is 8.67. The van der Waals surface area contributed by atoms with Crippen LogP contribution >= 0.6 is 24.8 Å². The van der Waals surface area contributed by atoms with Crippen molar-refractivity contribution in [3.63, 3.8) is 0 Å². The third-order valence-electron chi connectivity index (χ3n) is 3.41. The summed E-state index contributed by atoms with van der Waals surface area (Å²) in [6, 6.07) is 8.68. The minimum Gasteiger partial charge on any atom is -0.352 e. The molecular weight excluding hydrogens is 420 g/mol. The van der Waals surface area contributed by atoms with Gasteiger partial charge in [0, 0.05) is 24.2 Å². The van der Waals surface area contributed by atoms with Crippen molar-refractivity contribution < 1.29 is 12.8 Å². The number of nitrogens with one attached hydrogen (secondary N) is 3. The third kappa shape index (κ3) is 5.88. The fraction of sp³-hybridized carbons (Fsp3) is 0.0667. The average Bonchev–Trinajstić information content (AvgIpc) is 2.54. The molecule has 3 aromatic rings. The number of rotatable bonds is 5. The zero-order chi connectivity index (χ0) is 18.0. The third-order valence-corrected chi connectivity index (χ3v) is 3.96. The Morgan fingerprint density at radius 3 is 2.56 bits per heavy atom. The van der Waals surface area contributed by atoms with Crippen LogP contribution in [-0.4, -0.2) is 18.4 Å². The van der Waals surface area contributed by atoms with E-state index in [1.54, 1.807) is 12.1 Å². The van der Waals surface area contributed by atoms with Crippen LogP contribution < -0.4 is 20.7 Å². The van der Waals surface area contributed by atoms with Gasteiger partial charge in [0.15, 0.2) is 0 Å². The van der Waals surface area contributed by atoms with Crippen molar-refractivity contribution in [1.29, 1.82) is 0 Å². The molecule has 0 aliphatic heterocycles. The van der Waals surface area contributed by atoms with Gasteiger partial charge in [-0.25, -0.2) is 14.5 Å². The van der Waals surface area contributed by atoms with Gasteiger partial charge in [-0.1, -0.05) is 6.07 Å². The van der Waals surface area contributed by atoms with E-state index in [-0.39, 0.29) is 42.6 Å². The van der Waals surface area contributed by atoms with Crippen LogP contribution in [0.2, 0.25) is 0 Å². The number of pyridine rings is 2. The minimum atomic E-state index is -3.84. The second kappa shape index (κ2) is 9.11. The van der Waals surface area contributed by atoms with E-state index in [2.05, 4.69) is 20.0 Å². The molecule has 0 aliphatic rings. The number of H-pyrrole nitrogens is 1. The van der Waals surface area contributed by atoms with Gasteiger partial charge in [-0.3, -0.25) is 4.79 Å². The Morgan fingerprint density at radius 2 is 1.85 bits per heavy atom. The molecule has 1 aromatic carbocycles. The van der Waals surface area contributed by atoms with Gasteiger partial charge in [0.1, 0.15) is 11.5 Å². The fourth-order valence-corrected chi connectivity index (χ4v) is 2.64. The number of nitrogens with zero attached hydrogens (tertiary/aromatic N) is 1. The summed E-state index contributed by atoms with van der Waals surface area (Å²) in [7, 11) is -3.84. The highest BCUT2D eigenvalue weighted by Crippen LogP contribution is 2.25. The highest BCUT2D eigenvalue weighted by molar-refractivity contribution is 7.87. The van der Waals surface area contributed by atoms with Crippen molar-refractivity contribution in [2.24, 2.45) is 5.14 Å². The maximum absolute atomic E-state index is 14.1. The van der Waals surface area contributed by atoms with E-state index < -0.39 is 16.0 Å². The van der Waals surface area contributed by atoms with E-state index >= 15 is 0 Å². The molecule has 12 heteroatoms. The quantitative estimate of drug-likeness (QED) is 0.486. The van der Waals surface area contributed by atoms with Crippen LogP contribution in [0, 0.1) is 5.82 Å². The van der Waals surface area contributed by atoms with Gasteiger partial charge in [-0.05, 0) is 29.8 Å². The Labute approximate surface area is 166 Å². The lowest BCUT2D eigenvalue weighted by Gasteiger charge is -2.12. The molecule has 0 atom stereocenters. The lowest BCUT2D eigenvalue weighted by Crippen LogP contribution is -2.30. The van der Waals surface area contributed by atoms with Gasteiger partial charge in [-0.2, -0.15) is 13.1 Å². The Hall–Kier alpha value is -2.24. The van der Waals surface area contributed by atoms with Gasteiger partial charge in [0.05, 0.1) is 11.4 Å². The number of benzene rings is 1. The molecule has 0 saturated carbocycles. The molecule has 27 heavy (non-hydrogen) atoms. The second-order valence-corrected chi connectivity index (χ2v) is 6.63. The van der Waals surface area contributed by atoms with E-state index in [0.29, 0.717) is 22.3 Å². The van der Waals surface area contributed by atoms with Crippen LogP contribution in [0.15, 0.2) is 47.4 Å². The van der Waals surface area contributed by atoms with Crippen LogP contribution in [0.1, 0.15) is 5.56 Å². The van der Waals surface area contributed by atoms with Crippen molar-refractivity contribution in [2.75, 3.05) is 5.32 Å². The predicted molar refractivity (Wildman–Crippen MR) is 106 cm³/mol. The van der Waals surface area contributed by atoms with Crippen molar-refractivity contribution in [2.45, 2.75) is 6.54 Å². The molecule has 0 fully saturated rings. The number of halogens is 3. The molecule has 0 spiro atoms. The smallest absolute Gasteiger partial charge is 0.274 e. The van der Waals surface area contributed by atoms with Crippen LogP contribution in [0.25, 0.3) is 11.0 Å². The summed E-state index contributed by atoms with van der Waals surface area (Å²) in [6.07, 6.45) is 1.48. The van der Waals surface area contributed by atoms with Gasteiger partial charge in [0.25, 0.3) is 10.2 Å². The number of hydrogen-bond acceptors (Lipinski definition) is 5. The first kappa shape index (κ1) is 22.8. The summed E-state index contributed by atoms with van der Waals surface area (Å²) in [5.41, 5.74) is 1.28. The monoisotopic (exact) mass is 435 g/mol. The summed E-state index contributed by atoms with van der Waals surface area (Å²) in [4.78, 5) is 18.0. The summed E-state index contributed by atoms with van der Waals surface area (Å²) < 4.78 is 38.2. The van der Waals surface area contributed by atoms with E-state index in [1.807, 2.05) is 0 Å². The van der Waals surface area contributed by atoms with Gasteiger partial charge in [0.2, 0.25) is 5.56 Å². The lowest BCUT2D eigenvalue weighted by molar-refractivity contribution is 0.583. The molecule has 8 nitrogen and oxygen atoms in total. The Morgan fingerprint density at radius 1 is 1.11 bits per heavy atom. The topological polar surface area (TPSA) is 130 Å². The molecule has 0 unspecified atom stereocenters.